The van der Waals surface area contributed by atoms with Gasteiger partial charge in [0.25, 0.3) is 0 Å². The van der Waals surface area contributed by atoms with E-state index in [0.29, 0.717) is 31.0 Å². The minimum absolute atomic E-state index is 0.316. The van der Waals surface area contributed by atoms with Crippen molar-refractivity contribution in [2.45, 2.75) is 18.9 Å². The molecule has 0 aromatic rings. The number of hydrogen-bond donors (Lipinski definition) is 2. The van der Waals surface area contributed by atoms with E-state index in [4.69, 9.17) is 10.8 Å². The average Bonchev–Trinajstić information content (AvgIpc) is 2.42. The molecular formula is C8H14N2O2. The number of rotatable bonds is 0. The molecule has 4 heteroatoms. The van der Waals surface area contributed by atoms with Crippen LogP contribution in [0.1, 0.15) is 12.8 Å². The van der Waals surface area contributed by atoms with Crippen LogP contribution in [-0.2, 0) is 0 Å². The lowest BCUT2D eigenvalue weighted by molar-refractivity contribution is 0.152. The Hall–Kier alpha value is -0.770. The second-order valence-corrected chi connectivity index (χ2v) is 3.94. The molecule has 3 atom stereocenters. The highest BCUT2D eigenvalue weighted by atomic mass is 16.4. The standard InChI is InChI=1S/C8H14N2O2/c9-7-1-5-3-10(8(11)12)4-6(5)2-7/h5-7H,1-4,9H2,(H,11,12)/t5-,6?,7+/m0/s1. The van der Waals surface area contributed by atoms with Gasteiger partial charge in [0.05, 0.1) is 0 Å². The van der Waals surface area contributed by atoms with Crippen molar-refractivity contribution >= 4 is 6.09 Å². The van der Waals surface area contributed by atoms with E-state index < -0.39 is 6.09 Å². The first-order valence-corrected chi connectivity index (χ1v) is 4.40. The van der Waals surface area contributed by atoms with Gasteiger partial charge in [-0.25, -0.2) is 4.79 Å². The summed E-state index contributed by atoms with van der Waals surface area (Å²) in [7, 11) is 0. The molecule has 0 spiro atoms. The molecule has 12 heavy (non-hydrogen) atoms. The Labute approximate surface area is 71.3 Å². The molecule has 2 fully saturated rings. The molecule has 0 aromatic carbocycles. The first-order valence-electron chi connectivity index (χ1n) is 4.40. The van der Waals surface area contributed by atoms with E-state index in [0.717, 1.165) is 12.8 Å². The molecule has 1 saturated carbocycles. The highest BCUT2D eigenvalue weighted by Crippen LogP contribution is 2.36. The highest BCUT2D eigenvalue weighted by molar-refractivity contribution is 5.65. The molecule has 1 amide bonds. The van der Waals surface area contributed by atoms with E-state index >= 15 is 0 Å². The first-order chi connectivity index (χ1) is 5.66. The number of carboxylic acid groups (broad SMARTS) is 1. The molecule has 1 aliphatic carbocycles. The van der Waals surface area contributed by atoms with Crippen LogP contribution in [0.2, 0.25) is 0 Å². The van der Waals surface area contributed by atoms with Crippen LogP contribution in [0.15, 0.2) is 0 Å². The second kappa shape index (κ2) is 2.62. The van der Waals surface area contributed by atoms with Gasteiger partial charge in [-0.2, -0.15) is 0 Å². The Morgan fingerprint density at radius 2 is 1.83 bits per heavy atom. The van der Waals surface area contributed by atoms with Gasteiger partial charge in [-0.15, -0.1) is 0 Å². The smallest absolute Gasteiger partial charge is 0.407 e. The van der Waals surface area contributed by atoms with Crippen LogP contribution in [0.3, 0.4) is 0 Å². The molecule has 1 unspecified atom stereocenters. The van der Waals surface area contributed by atoms with E-state index in [-0.39, 0.29) is 0 Å². The van der Waals surface area contributed by atoms with Crippen molar-refractivity contribution in [3.8, 4) is 0 Å². The third-order valence-corrected chi connectivity index (χ3v) is 3.06. The molecule has 2 rings (SSSR count). The van der Waals surface area contributed by atoms with Crippen molar-refractivity contribution in [3.05, 3.63) is 0 Å². The van der Waals surface area contributed by atoms with Crippen molar-refractivity contribution in [2.24, 2.45) is 17.6 Å². The summed E-state index contributed by atoms with van der Waals surface area (Å²) in [5, 5.41) is 8.73. The molecule has 0 radical (unpaired) electrons. The molecule has 1 heterocycles. The van der Waals surface area contributed by atoms with Crippen LogP contribution in [0.5, 0.6) is 0 Å². The fraction of sp³-hybridized carbons (Fsp3) is 0.875. The molecule has 4 nitrogen and oxygen atoms in total. The minimum atomic E-state index is -0.780. The molecule has 0 aromatic heterocycles. The van der Waals surface area contributed by atoms with Gasteiger partial charge in [-0.05, 0) is 24.7 Å². The van der Waals surface area contributed by atoms with Gasteiger partial charge >= 0.3 is 6.09 Å². The first kappa shape index (κ1) is 7.86. The quantitative estimate of drug-likeness (QED) is 0.550. The number of nitrogens with zero attached hydrogens (tertiary/aromatic N) is 1. The molecule has 1 aliphatic heterocycles. The Kier molecular flexibility index (Phi) is 1.72. The SMILES string of the molecule is N[C@H]1CC2CN(C(=O)O)C[C@@H]2C1. The fourth-order valence-corrected chi connectivity index (χ4v) is 2.50. The summed E-state index contributed by atoms with van der Waals surface area (Å²) in [6.07, 6.45) is 1.24. The third-order valence-electron chi connectivity index (χ3n) is 3.06. The lowest BCUT2D eigenvalue weighted by atomic mass is 10.0. The minimum Gasteiger partial charge on any atom is -0.465 e. The van der Waals surface area contributed by atoms with Crippen LogP contribution >= 0.6 is 0 Å². The predicted octanol–water partition coefficient (Wildman–Crippen LogP) is 0.333. The Morgan fingerprint density at radius 1 is 1.33 bits per heavy atom. The van der Waals surface area contributed by atoms with Crippen molar-refractivity contribution in [1.82, 2.24) is 4.90 Å². The molecular weight excluding hydrogens is 156 g/mol. The summed E-state index contributed by atoms with van der Waals surface area (Å²) < 4.78 is 0. The van der Waals surface area contributed by atoms with E-state index in [1.807, 2.05) is 0 Å². The summed E-state index contributed by atoms with van der Waals surface area (Å²) in [5.74, 6) is 1.08. The van der Waals surface area contributed by atoms with Crippen molar-refractivity contribution < 1.29 is 9.90 Å². The predicted molar refractivity (Wildman–Crippen MR) is 43.8 cm³/mol. The fourth-order valence-electron chi connectivity index (χ4n) is 2.50. The molecule has 3 N–H and O–H groups in total. The molecule has 0 bridgehead atoms. The van der Waals surface area contributed by atoms with Crippen molar-refractivity contribution in [3.63, 3.8) is 0 Å². The van der Waals surface area contributed by atoms with E-state index in [9.17, 15) is 4.79 Å². The zero-order valence-corrected chi connectivity index (χ0v) is 6.94. The van der Waals surface area contributed by atoms with Crippen LogP contribution < -0.4 is 5.73 Å². The lowest BCUT2D eigenvalue weighted by Crippen LogP contribution is -2.29. The van der Waals surface area contributed by atoms with E-state index in [1.165, 1.54) is 4.90 Å². The average molecular weight is 170 g/mol. The van der Waals surface area contributed by atoms with Gasteiger partial charge in [0.1, 0.15) is 0 Å². The van der Waals surface area contributed by atoms with Gasteiger partial charge in [-0.1, -0.05) is 0 Å². The maximum absolute atomic E-state index is 10.6. The highest BCUT2D eigenvalue weighted by Gasteiger charge is 2.41. The van der Waals surface area contributed by atoms with E-state index in [1.54, 1.807) is 0 Å². The Morgan fingerprint density at radius 3 is 2.25 bits per heavy atom. The Bertz CT molecular complexity index is 193. The monoisotopic (exact) mass is 170 g/mol. The van der Waals surface area contributed by atoms with Gasteiger partial charge < -0.3 is 15.7 Å². The van der Waals surface area contributed by atoms with Crippen LogP contribution in [0, 0.1) is 11.8 Å². The maximum atomic E-state index is 10.6. The lowest BCUT2D eigenvalue weighted by Gasteiger charge is -2.13. The summed E-state index contributed by atoms with van der Waals surface area (Å²) in [4.78, 5) is 12.1. The van der Waals surface area contributed by atoms with Crippen LogP contribution in [-0.4, -0.2) is 35.2 Å². The number of nitrogens with two attached hydrogens (primary N) is 1. The van der Waals surface area contributed by atoms with Crippen molar-refractivity contribution in [1.29, 1.82) is 0 Å². The van der Waals surface area contributed by atoms with Crippen LogP contribution in [0.25, 0.3) is 0 Å². The molecule has 2 aliphatic rings. The van der Waals surface area contributed by atoms with Crippen LogP contribution in [0.4, 0.5) is 4.79 Å². The normalized spacial score (nSPS) is 40.1. The Balaban J connectivity index is 1.98. The zero-order chi connectivity index (χ0) is 8.72. The number of fused-ring (bicyclic) bond motifs is 1. The number of likely N-dealkylation sites (tertiary alicyclic amines) is 1. The number of hydrogen-bond acceptors (Lipinski definition) is 2. The third kappa shape index (κ3) is 1.16. The largest absolute Gasteiger partial charge is 0.465 e. The molecule has 1 saturated heterocycles. The zero-order valence-electron chi connectivity index (χ0n) is 6.94. The van der Waals surface area contributed by atoms with Crippen molar-refractivity contribution in [2.75, 3.05) is 13.1 Å². The number of carbonyl (C=O) groups is 1. The second-order valence-electron chi connectivity index (χ2n) is 3.94. The van der Waals surface area contributed by atoms with Gasteiger partial charge in [0.15, 0.2) is 0 Å². The summed E-state index contributed by atoms with van der Waals surface area (Å²) in [5.41, 5.74) is 5.78. The van der Waals surface area contributed by atoms with Gasteiger partial charge in [0, 0.05) is 19.1 Å². The number of amides is 1. The topological polar surface area (TPSA) is 66.6 Å². The maximum Gasteiger partial charge on any atom is 0.407 e. The summed E-state index contributed by atoms with van der Waals surface area (Å²) in [6, 6.07) is 0.316. The van der Waals surface area contributed by atoms with E-state index in [2.05, 4.69) is 0 Å². The summed E-state index contributed by atoms with van der Waals surface area (Å²) >= 11 is 0. The summed E-state index contributed by atoms with van der Waals surface area (Å²) in [6.45, 7) is 1.40. The van der Waals surface area contributed by atoms with Gasteiger partial charge in [-0.3, -0.25) is 0 Å². The molecule has 68 valence electrons. The van der Waals surface area contributed by atoms with Gasteiger partial charge in [0.2, 0.25) is 0 Å².